The first-order valence-electron chi connectivity index (χ1n) is 10.5. The third kappa shape index (κ3) is 2.72. The molecule has 0 radical (unpaired) electrons. The van der Waals surface area contributed by atoms with Gasteiger partial charge in [0.2, 0.25) is 0 Å². The molecule has 4 aromatic carbocycles. The van der Waals surface area contributed by atoms with E-state index in [4.69, 9.17) is 4.74 Å². The Kier molecular flexibility index (Phi) is 4.19. The number of benzene rings is 4. The van der Waals surface area contributed by atoms with Gasteiger partial charge in [-0.3, -0.25) is 14.3 Å². The molecular weight excluding hydrogens is 408 g/mol. The third-order valence-electron chi connectivity index (χ3n) is 6.48. The molecule has 160 valence electrons. The van der Waals surface area contributed by atoms with Crippen LogP contribution in [-0.4, -0.2) is 38.6 Å². The van der Waals surface area contributed by atoms with Gasteiger partial charge in [-0.2, -0.15) is 0 Å². The second kappa shape index (κ2) is 7.00. The van der Waals surface area contributed by atoms with Gasteiger partial charge in [-0.15, -0.1) is 0 Å². The Balaban J connectivity index is 1.59. The number of nitrogens with zero attached hydrogens (tertiary/aromatic N) is 1. The first-order chi connectivity index (χ1) is 15.5. The monoisotopic (exact) mass is 428 g/mol. The third-order valence-corrected chi connectivity index (χ3v) is 6.48. The van der Waals surface area contributed by atoms with Crippen LogP contribution in [0.2, 0.25) is 0 Å². The summed E-state index contributed by atoms with van der Waals surface area (Å²) in [6.45, 7) is -0.350. The molecule has 1 aliphatic rings. The van der Waals surface area contributed by atoms with Gasteiger partial charge in [-0.05, 0) is 37.9 Å². The highest BCUT2D eigenvalue weighted by Crippen LogP contribution is 2.38. The van der Waals surface area contributed by atoms with E-state index >= 15 is 0 Å². The van der Waals surface area contributed by atoms with Crippen molar-refractivity contribution in [2.75, 3.05) is 6.61 Å². The van der Waals surface area contributed by atoms with E-state index in [9.17, 15) is 19.8 Å². The topological polar surface area (TPSA) is 105 Å². The van der Waals surface area contributed by atoms with Gasteiger partial charge in [-0.1, -0.05) is 54.6 Å². The predicted octanol–water partition coefficient (Wildman–Crippen LogP) is 2.74. The lowest BCUT2D eigenvalue weighted by atomic mass is 9.90. The van der Waals surface area contributed by atoms with E-state index in [0.29, 0.717) is 11.1 Å². The van der Waals surface area contributed by atoms with E-state index in [1.165, 1.54) is 10.8 Å². The Hall–Kier alpha value is -3.52. The van der Waals surface area contributed by atoms with Crippen molar-refractivity contribution < 1.29 is 14.9 Å². The fraction of sp³-hybridized carbons (Fsp3) is 0.200. The van der Waals surface area contributed by atoms with Crippen molar-refractivity contribution in [1.82, 2.24) is 9.55 Å². The van der Waals surface area contributed by atoms with Crippen molar-refractivity contribution in [1.29, 1.82) is 0 Å². The van der Waals surface area contributed by atoms with E-state index in [0.717, 1.165) is 32.3 Å². The maximum atomic E-state index is 12.9. The first-order valence-corrected chi connectivity index (χ1v) is 10.5. The molecular formula is C25H20N2O5. The summed E-state index contributed by atoms with van der Waals surface area (Å²) in [5.74, 6) is 0. The van der Waals surface area contributed by atoms with Crippen molar-refractivity contribution in [3.05, 3.63) is 81.6 Å². The summed E-state index contributed by atoms with van der Waals surface area (Å²) in [7, 11) is 0. The normalized spacial score (nSPS) is 21.2. The summed E-state index contributed by atoms with van der Waals surface area (Å²) in [6, 6.07) is 18.3. The Bertz CT molecular complexity index is 1590. The zero-order valence-corrected chi connectivity index (χ0v) is 17.0. The number of nitrogens with one attached hydrogen (secondary N) is 1. The molecule has 6 rings (SSSR count). The SMILES string of the molecule is O=c1[nH]c(=O)n([C@@H]2CC(O)[C@H](CO)O2)cc1-c1ccc2ccc3cccc4ccc1c2c34. The van der Waals surface area contributed by atoms with Crippen LogP contribution in [0, 0.1) is 0 Å². The van der Waals surface area contributed by atoms with Crippen LogP contribution >= 0.6 is 0 Å². The lowest BCUT2D eigenvalue weighted by Gasteiger charge is -2.17. The molecule has 0 spiro atoms. The van der Waals surface area contributed by atoms with Gasteiger partial charge in [0.25, 0.3) is 5.56 Å². The first kappa shape index (κ1) is 19.2. The fourth-order valence-corrected chi connectivity index (χ4v) is 4.91. The number of ether oxygens (including phenoxy) is 1. The Morgan fingerprint density at radius 1 is 0.938 bits per heavy atom. The zero-order chi connectivity index (χ0) is 22.0. The van der Waals surface area contributed by atoms with E-state index in [1.807, 2.05) is 30.3 Å². The molecule has 1 aromatic heterocycles. The molecule has 2 heterocycles. The smallest absolute Gasteiger partial charge is 0.330 e. The number of rotatable bonds is 3. The minimum absolute atomic E-state index is 0.148. The standard InChI is InChI=1S/C25H20N2O5/c28-12-20-19(29)10-21(32-20)27-11-18(24(30)26-25(27)31)16-8-6-15-5-4-13-2-1-3-14-7-9-17(16)23(15)22(13)14/h1-9,11,19-21,28-29H,10,12H2,(H,26,30,31)/t19?,20-,21-/m0/s1. The second-order valence-corrected chi connectivity index (χ2v) is 8.29. The molecule has 1 aliphatic heterocycles. The highest BCUT2D eigenvalue weighted by molar-refractivity contribution is 6.25. The van der Waals surface area contributed by atoms with E-state index in [1.54, 1.807) is 0 Å². The number of hydrogen-bond donors (Lipinski definition) is 3. The van der Waals surface area contributed by atoms with Gasteiger partial charge < -0.3 is 14.9 Å². The molecule has 5 aromatic rings. The largest absolute Gasteiger partial charge is 0.394 e. The zero-order valence-electron chi connectivity index (χ0n) is 17.0. The Morgan fingerprint density at radius 2 is 1.62 bits per heavy atom. The molecule has 1 unspecified atom stereocenters. The number of aliphatic hydroxyl groups excluding tert-OH is 2. The summed E-state index contributed by atoms with van der Waals surface area (Å²) >= 11 is 0. The number of aromatic amines is 1. The summed E-state index contributed by atoms with van der Waals surface area (Å²) in [5.41, 5.74) is -0.0538. The average Bonchev–Trinajstić information content (AvgIpc) is 3.18. The lowest BCUT2D eigenvalue weighted by molar-refractivity contribution is -0.0458. The summed E-state index contributed by atoms with van der Waals surface area (Å²) < 4.78 is 6.93. The van der Waals surface area contributed by atoms with Gasteiger partial charge in [0.1, 0.15) is 12.3 Å². The number of hydrogen-bond acceptors (Lipinski definition) is 5. The maximum absolute atomic E-state index is 12.9. The van der Waals surface area contributed by atoms with Crippen LogP contribution in [0.3, 0.4) is 0 Å². The number of aliphatic hydroxyl groups is 2. The van der Waals surface area contributed by atoms with Crippen LogP contribution < -0.4 is 11.2 Å². The highest BCUT2D eigenvalue weighted by atomic mass is 16.5. The van der Waals surface area contributed by atoms with Crippen LogP contribution in [0.4, 0.5) is 0 Å². The summed E-state index contributed by atoms with van der Waals surface area (Å²) in [4.78, 5) is 27.8. The molecule has 3 atom stereocenters. The van der Waals surface area contributed by atoms with Crippen LogP contribution in [0.1, 0.15) is 12.6 Å². The molecule has 3 N–H and O–H groups in total. The lowest BCUT2D eigenvalue weighted by Crippen LogP contribution is -2.33. The minimum Gasteiger partial charge on any atom is -0.394 e. The Morgan fingerprint density at radius 3 is 2.34 bits per heavy atom. The molecule has 0 saturated carbocycles. The maximum Gasteiger partial charge on any atom is 0.330 e. The van der Waals surface area contributed by atoms with Crippen molar-refractivity contribution in [2.45, 2.75) is 24.9 Å². The second-order valence-electron chi connectivity index (χ2n) is 8.29. The van der Waals surface area contributed by atoms with Crippen molar-refractivity contribution in [2.24, 2.45) is 0 Å². The molecule has 7 nitrogen and oxygen atoms in total. The van der Waals surface area contributed by atoms with E-state index in [2.05, 4.69) is 29.2 Å². The molecule has 0 amide bonds. The highest BCUT2D eigenvalue weighted by Gasteiger charge is 2.35. The molecule has 1 fully saturated rings. The molecule has 7 heteroatoms. The van der Waals surface area contributed by atoms with Crippen LogP contribution in [0.5, 0.6) is 0 Å². The van der Waals surface area contributed by atoms with E-state index < -0.39 is 29.7 Å². The van der Waals surface area contributed by atoms with Crippen LogP contribution in [0.25, 0.3) is 43.4 Å². The number of H-pyrrole nitrogens is 1. The Labute approximate surface area is 181 Å². The van der Waals surface area contributed by atoms with Crippen molar-refractivity contribution in [3.8, 4) is 11.1 Å². The van der Waals surface area contributed by atoms with Gasteiger partial charge in [0.15, 0.2) is 0 Å². The van der Waals surface area contributed by atoms with Crippen molar-refractivity contribution in [3.63, 3.8) is 0 Å². The van der Waals surface area contributed by atoms with Gasteiger partial charge >= 0.3 is 5.69 Å². The van der Waals surface area contributed by atoms with Gasteiger partial charge in [0, 0.05) is 12.6 Å². The molecule has 0 aliphatic carbocycles. The van der Waals surface area contributed by atoms with Crippen LogP contribution in [0.15, 0.2) is 70.4 Å². The molecule has 0 bridgehead atoms. The fourth-order valence-electron chi connectivity index (χ4n) is 4.91. The molecule has 32 heavy (non-hydrogen) atoms. The predicted molar refractivity (Wildman–Crippen MR) is 122 cm³/mol. The van der Waals surface area contributed by atoms with Gasteiger partial charge in [0.05, 0.1) is 18.3 Å². The van der Waals surface area contributed by atoms with Crippen LogP contribution in [-0.2, 0) is 4.74 Å². The quantitative estimate of drug-likeness (QED) is 0.383. The minimum atomic E-state index is -0.887. The summed E-state index contributed by atoms with van der Waals surface area (Å²) in [6.07, 6.45) is -0.789. The van der Waals surface area contributed by atoms with E-state index in [-0.39, 0.29) is 13.0 Å². The average molecular weight is 428 g/mol. The number of aromatic nitrogens is 2. The summed E-state index contributed by atoms with van der Waals surface area (Å²) in [5, 5.41) is 25.9. The molecule has 1 saturated heterocycles. The van der Waals surface area contributed by atoms with Crippen molar-refractivity contribution >= 4 is 32.3 Å². The van der Waals surface area contributed by atoms with Gasteiger partial charge in [-0.25, -0.2) is 4.79 Å².